The summed E-state index contributed by atoms with van der Waals surface area (Å²) < 4.78 is 13.3. The van der Waals surface area contributed by atoms with Gasteiger partial charge >= 0.3 is 0 Å². The molecule has 20 heavy (non-hydrogen) atoms. The first-order valence-corrected chi connectivity index (χ1v) is 7.11. The number of pyridine rings is 1. The SMILES string of the molecule is Cc1nc(NC(C)c2cccs2)c2cc(F)ncc2n1. The highest BCUT2D eigenvalue weighted by Gasteiger charge is 2.12. The molecule has 6 heteroatoms. The standard InChI is InChI=1S/C14H13FN4S/c1-8(12-4-3-5-20-12)17-14-10-6-13(15)16-7-11(10)18-9(2)19-14/h3-8H,1-2H3,(H,17,18,19). The Bertz CT molecular complexity index is 742. The van der Waals surface area contributed by atoms with Gasteiger partial charge in [0.25, 0.3) is 0 Å². The number of thiophene rings is 1. The molecule has 1 atom stereocenters. The Labute approximate surface area is 119 Å². The molecule has 1 N–H and O–H groups in total. The van der Waals surface area contributed by atoms with Gasteiger partial charge in [-0.05, 0) is 25.3 Å². The Morgan fingerprint density at radius 3 is 2.95 bits per heavy atom. The van der Waals surface area contributed by atoms with Crippen molar-refractivity contribution in [1.82, 2.24) is 15.0 Å². The largest absolute Gasteiger partial charge is 0.362 e. The number of nitrogens with zero attached hydrogens (tertiary/aromatic N) is 3. The average molecular weight is 288 g/mol. The number of nitrogens with one attached hydrogen (secondary N) is 1. The molecule has 0 fully saturated rings. The molecular formula is C14H13FN4S. The Morgan fingerprint density at radius 1 is 1.35 bits per heavy atom. The number of hydrogen-bond acceptors (Lipinski definition) is 5. The van der Waals surface area contributed by atoms with Crippen LogP contribution < -0.4 is 5.32 Å². The van der Waals surface area contributed by atoms with E-state index >= 15 is 0 Å². The molecule has 0 bridgehead atoms. The number of fused-ring (bicyclic) bond motifs is 1. The van der Waals surface area contributed by atoms with Crippen molar-refractivity contribution in [3.63, 3.8) is 0 Å². The summed E-state index contributed by atoms with van der Waals surface area (Å²) in [6.07, 6.45) is 1.43. The van der Waals surface area contributed by atoms with Crippen LogP contribution in [0.15, 0.2) is 29.8 Å². The molecule has 102 valence electrons. The van der Waals surface area contributed by atoms with Crippen molar-refractivity contribution in [2.24, 2.45) is 0 Å². The van der Waals surface area contributed by atoms with Crippen LogP contribution in [0, 0.1) is 12.9 Å². The van der Waals surface area contributed by atoms with Crippen molar-refractivity contribution in [3.05, 3.63) is 46.4 Å². The second-order valence-corrected chi connectivity index (χ2v) is 5.50. The summed E-state index contributed by atoms with van der Waals surface area (Å²) >= 11 is 1.67. The average Bonchev–Trinajstić information content (AvgIpc) is 2.93. The van der Waals surface area contributed by atoms with Gasteiger partial charge in [0.05, 0.1) is 17.8 Å². The minimum atomic E-state index is -0.531. The monoisotopic (exact) mass is 288 g/mol. The lowest BCUT2D eigenvalue weighted by Gasteiger charge is -2.15. The molecule has 0 spiro atoms. The van der Waals surface area contributed by atoms with Crippen molar-refractivity contribution >= 4 is 28.1 Å². The van der Waals surface area contributed by atoms with Gasteiger partial charge in [0.1, 0.15) is 11.6 Å². The first kappa shape index (κ1) is 12.9. The Morgan fingerprint density at radius 2 is 2.20 bits per heavy atom. The van der Waals surface area contributed by atoms with Crippen LogP contribution in [0.3, 0.4) is 0 Å². The van der Waals surface area contributed by atoms with Crippen LogP contribution in [-0.4, -0.2) is 15.0 Å². The molecule has 0 saturated carbocycles. The lowest BCUT2D eigenvalue weighted by Crippen LogP contribution is -2.08. The molecule has 0 amide bonds. The molecule has 0 aliphatic rings. The highest BCUT2D eigenvalue weighted by molar-refractivity contribution is 7.10. The molecule has 0 aliphatic heterocycles. The van der Waals surface area contributed by atoms with Crippen LogP contribution in [-0.2, 0) is 0 Å². The maximum absolute atomic E-state index is 13.3. The van der Waals surface area contributed by atoms with E-state index in [0.29, 0.717) is 22.5 Å². The van der Waals surface area contributed by atoms with Gasteiger partial charge in [-0.15, -0.1) is 11.3 Å². The van der Waals surface area contributed by atoms with Crippen LogP contribution >= 0.6 is 11.3 Å². The van der Waals surface area contributed by atoms with Crippen LogP contribution in [0.2, 0.25) is 0 Å². The Hall–Kier alpha value is -2.08. The van der Waals surface area contributed by atoms with Crippen LogP contribution in [0.5, 0.6) is 0 Å². The van der Waals surface area contributed by atoms with Crippen molar-refractivity contribution in [1.29, 1.82) is 0 Å². The lowest BCUT2D eigenvalue weighted by atomic mass is 10.2. The molecule has 3 rings (SSSR count). The minimum absolute atomic E-state index is 0.101. The molecule has 0 aliphatic carbocycles. The zero-order chi connectivity index (χ0) is 14.1. The fraction of sp³-hybridized carbons (Fsp3) is 0.214. The summed E-state index contributed by atoms with van der Waals surface area (Å²) in [4.78, 5) is 13.5. The van der Waals surface area contributed by atoms with E-state index in [0.717, 1.165) is 0 Å². The number of rotatable bonds is 3. The van der Waals surface area contributed by atoms with E-state index in [-0.39, 0.29) is 6.04 Å². The zero-order valence-electron chi connectivity index (χ0n) is 11.1. The van der Waals surface area contributed by atoms with Crippen LogP contribution in [0.1, 0.15) is 23.7 Å². The van der Waals surface area contributed by atoms with E-state index in [9.17, 15) is 4.39 Å². The number of aromatic nitrogens is 3. The second kappa shape index (κ2) is 5.13. The first-order chi connectivity index (χ1) is 9.63. The molecule has 3 aromatic heterocycles. The number of aryl methyl sites for hydroxylation is 1. The molecule has 3 aromatic rings. The topological polar surface area (TPSA) is 50.7 Å². The predicted octanol–water partition coefficient (Wildman–Crippen LogP) is 3.71. The summed E-state index contributed by atoms with van der Waals surface area (Å²) in [6.45, 7) is 3.86. The highest BCUT2D eigenvalue weighted by Crippen LogP contribution is 2.26. The third kappa shape index (κ3) is 2.46. The van der Waals surface area contributed by atoms with Crippen molar-refractivity contribution in [2.45, 2.75) is 19.9 Å². The quantitative estimate of drug-likeness (QED) is 0.746. The third-order valence-electron chi connectivity index (χ3n) is 2.98. The smallest absolute Gasteiger partial charge is 0.213 e. The summed E-state index contributed by atoms with van der Waals surface area (Å²) in [6, 6.07) is 5.52. The number of hydrogen-bond donors (Lipinski definition) is 1. The van der Waals surface area contributed by atoms with Gasteiger partial charge in [-0.1, -0.05) is 6.07 Å². The van der Waals surface area contributed by atoms with Crippen LogP contribution in [0.25, 0.3) is 10.9 Å². The predicted molar refractivity (Wildman–Crippen MR) is 78.4 cm³/mol. The maximum Gasteiger partial charge on any atom is 0.213 e. The molecule has 0 radical (unpaired) electrons. The summed E-state index contributed by atoms with van der Waals surface area (Å²) in [5, 5.41) is 5.99. The highest BCUT2D eigenvalue weighted by atomic mass is 32.1. The summed E-state index contributed by atoms with van der Waals surface area (Å²) in [7, 11) is 0. The Balaban J connectivity index is 2.04. The minimum Gasteiger partial charge on any atom is -0.362 e. The number of anilines is 1. The van der Waals surface area contributed by atoms with E-state index in [4.69, 9.17) is 0 Å². The first-order valence-electron chi connectivity index (χ1n) is 6.23. The fourth-order valence-corrected chi connectivity index (χ4v) is 2.78. The van der Waals surface area contributed by atoms with E-state index in [1.807, 2.05) is 25.3 Å². The molecule has 4 nitrogen and oxygen atoms in total. The van der Waals surface area contributed by atoms with E-state index in [1.54, 1.807) is 11.3 Å². The molecule has 1 unspecified atom stereocenters. The summed E-state index contributed by atoms with van der Waals surface area (Å²) in [5.41, 5.74) is 0.639. The van der Waals surface area contributed by atoms with Gasteiger partial charge in [-0.3, -0.25) is 0 Å². The van der Waals surface area contributed by atoms with Gasteiger partial charge < -0.3 is 5.32 Å². The maximum atomic E-state index is 13.3. The Kier molecular flexibility index (Phi) is 3.31. The second-order valence-electron chi connectivity index (χ2n) is 4.53. The molecule has 0 saturated heterocycles. The molecular weight excluding hydrogens is 275 g/mol. The van der Waals surface area contributed by atoms with Gasteiger partial charge in [-0.25, -0.2) is 15.0 Å². The normalized spacial score (nSPS) is 12.6. The van der Waals surface area contributed by atoms with E-state index < -0.39 is 5.95 Å². The summed E-state index contributed by atoms with van der Waals surface area (Å²) in [5.74, 6) is 0.735. The molecule has 3 heterocycles. The lowest BCUT2D eigenvalue weighted by molar-refractivity contribution is 0.586. The fourth-order valence-electron chi connectivity index (χ4n) is 2.05. The zero-order valence-corrected chi connectivity index (χ0v) is 11.9. The van der Waals surface area contributed by atoms with Crippen molar-refractivity contribution < 1.29 is 4.39 Å². The van der Waals surface area contributed by atoms with Gasteiger partial charge in [0.15, 0.2) is 0 Å². The molecule has 0 aromatic carbocycles. The van der Waals surface area contributed by atoms with Crippen molar-refractivity contribution in [2.75, 3.05) is 5.32 Å². The van der Waals surface area contributed by atoms with Crippen molar-refractivity contribution in [3.8, 4) is 0 Å². The third-order valence-corrected chi connectivity index (χ3v) is 4.04. The number of halogens is 1. The van der Waals surface area contributed by atoms with Gasteiger partial charge in [0.2, 0.25) is 5.95 Å². The van der Waals surface area contributed by atoms with E-state index in [2.05, 4.69) is 26.3 Å². The van der Waals surface area contributed by atoms with Gasteiger partial charge in [0, 0.05) is 16.3 Å². The van der Waals surface area contributed by atoms with Crippen LogP contribution in [0.4, 0.5) is 10.2 Å². The van der Waals surface area contributed by atoms with Gasteiger partial charge in [-0.2, -0.15) is 4.39 Å². The van der Waals surface area contributed by atoms with E-state index in [1.165, 1.54) is 17.1 Å².